The average Bonchev–Trinajstić information content (AvgIpc) is 2.41. The number of carbonyl (C=O) groups excluding carboxylic acids is 1. The van der Waals surface area contributed by atoms with Crippen molar-refractivity contribution in [2.24, 2.45) is 5.41 Å². The van der Waals surface area contributed by atoms with Crippen molar-refractivity contribution in [2.75, 3.05) is 5.32 Å². The summed E-state index contributed by atoms with van der Waals surface area (Å²) in [7, 11) is 0. The van der Waals surface area contributed by atoms with Crippen molar-refractivity contribution in [1.29, 1.82) is 5.26 Å². The lowest BCUT2D eigenvalue weighted by molar-refractivity contribution is -0.141. The van der Waals surface area contributed by atoms with Crippen LogP contribution in [0.3, 0.4) is 0 Å². The fraction of sp³-hybridized carbons (Fsp3) is 0.462. The normalized spacial score (nSPS) is 11.8. The maximum Gasteiger partial charge on any atom is 0.433 e. The largest absolute Gasteiger partial charge is 0.433 e. The Morgan fingerprint density at radius 1 is 1.35 bits per heavy atom. The van der Waals surface area contributed by atoms with Gasteiger partial charge in [0.25, 0.3) is 0 Å². The summed E-state index contributed by atoms with van der Waals surface area (Å²) in [5, 5.41) is 11.5. The molecule has 20 heavy (non-hydrogen) atoms. The number of amides is 1. The van der Waals surface area contributed by atoms with E-state index in [-0.39, 0.29) is 5.69 Å². The molecule has 1 heterocycles. The van der Waals surface area contributed by atoms with E-state index in [2.05, 4.69) is 10.3 Å². The van der Waals surface area contributed by atoms with Crippen molar-refractivity contribution in [3.05, 3.63) is 24.0 Å². The smallest absolute Gasteiger partial charge is 0.323 e. The second-order valence-electron chi connectivity index (χ2n) is 4.29. The Labute approximate surface area is 114 Å². The topological polar surface area (TPSA) is 65.8 Å². The summed E-state index contributed by atoms with van der Waals surface area (Å²) >= 11 is 0. The summed E-state index contributed by atoms with van der Waals surface area (Å²) in [6.07, 6.45) is -2.96. The molecule has 1 aromatic rings. The van der Waals surface area contributed by atoms with Crippen LogP contribution in [0.25, 0.3) is 0 Å². The second-order valence-corrected chi connectivity index (χ2v) is 4.29. The fourth-order valence-electron chi connectivity index (χ4n) is 1.67. The molecule has 0 radical (unpaired) electrons. The van der Waals surface area contributed by atoms with E-state index in [0.29, 0.717) is 12.8 Å². The van der Waals surface area contributed by atoms with Gasteiger partial charge >= 0.3 is 6.18 Å². The van der Waals surface area contributed by atoms with E-state index in [1.807, 2.05) is 6.07 Å². The van der Waals surface area contributed by atoms with E-state index < -0.39 is 23.2 Å². The molecule has 108 valence electrons. The highest BCUT2D eigenvalue weighted by Crippen LogP contribution is 2.29. The zero-order valence-corrected chi connectivity index (χ0v) is 11.1. The highest BCUT2D eigenvalue weighted by molar-refractivity contribution is 5.97. The van der Waals surface area contributed by atoms with Crippen molar-refractivity contribution in [2.45, 2.75) is 32.9 Å². The molecule has 0 spiro atoms. The van der Waals surface area contributed by atoms with Crippen LogP contribution in [0.4, 0.5) is 18.9 Å². The van der Waals surface area contributed by atoms with E-state index in [9.17, 15) is 18.0 Å². The number of aromatic nitrogens is 1. The van der Waals surface area contributed by atoms with Gasteiger partial charge in [-0.1, -0.05) is 13.8 Å². The first-order chi connectivity index (χ1) is 9.29. The summed E-state index contributed by atoms with van der Waals surface area (Å²) in [4.78, 5) is 15.3. The van der Waals surface area contributed by atoms with Gasteiger partial charge in [0.15, 0.2) is 0 Å². The molecular formula is C13H14F3N3O. The van der Waals surface area contributed by atoms with Gasteiger partial charge in [0, 0.05) is 0 Å². The van der Waals surface area contributed by atoms with Crippen LogP contribution >= 0.6 is 0 Å². The number of alkyl halides is 3. The third-order valence-corrected chi connectivity index (χ3v) is 3.17. The summed E-state index contributed by atoms with van der Waals surface area (Å²) in [5.41, 5.74) is -2.08. The van der Waals surface area contributed by atoms with Crippen LogP contribution in [0, 0.1) is 16.7 Å². The standard InChI is InChI=1S/C13H14F3N3O/c1-3-12(4-2,8-17)11(20)19-9-5-6-10(18-7-9)13(14,15)16/h5-7H,3-4H2,1-2H3,(H,19,20). The highest BCUT2D eigenvalue weighted by Gasteiger charge is 2.35. The number of nitrogens with zero attached hydrogens (tertiary/aromatic N) is 2. The maximum atomic E-state index is 12.3. The molecule has 0 fully saturated rings. The lowest BCUT2D eigenvalue weighted by Gasteiger charge is -2.22. The molecule has 0 unspecified atom stereocenters. The first-order valence-electron chi connectivity index (χ1n) is 6.05. The van der Waals surface area contributed by atoms with E-state index in [4.69, 9.17) is 5.26 Å². The molecule has 0 saturated carbocycles. The van der Waals surface area contributed by atoms with Gasteiger partial charge in [-0.25, -0.2) is 4.98 Å². The van der Waals surface area contributed by atoms with Crippen molar-refractivity contribution in [1.82, 2.24) is 4.98 Å². The van der Waals surface area contributed by atoms with Gasteiger partial charge in [-0.15, -0.1) is 0 Å². The number of hydrogen-bond donors (Lipinski definition) is 1. The molecule has 0 aliphatic carbocycles. The molecule has 7 heteroatoms. The Hall–Kier alpha value is -2.10. The van der Waals surface area contributed by atoms with Crippen LogP contribution in [-0.2, 0) is 11.0 Å². The van der Waals surface area contributed by atoms with Crippen molar-refractivity contribution < 1.29 is 18.0 Å². The molecule has 1 N–H and O–H groups in total. The number of anilines is 1. The van der Waals surface area contributed by atoms with Gasteiger partial charge in [-0.3, -0.25) is 4.79 Å². The minimum atomic E-state index is -4.52. The number of hydrogen-bond acceptors (Lipinski definition) is 3. The van der Waals surface area contributed by atoms with Crippen LogP contribution in [-0.4, -0.2) is 10.9 Å². The molecule has 1 aromatic heterocycles. The van der Waals surface area contributed by atoms with Crippen molar-refractivity contribution in [3.8, 4) is 6.07 Å². The number of rotatable bonds is 4. The first-order valence-corrected chi connectivity index (χ1v) is 6.05. The summed E-state index contributed by atoms with van der Waals surface area (Å²) in [5.74, 6) is -0.536. The number of carbonyl (C=O) groups is 1. The maximum absolute atomic E-state index is 12.3. The van der Waals surface area contributed by atoms with Crippen LogP contribution in [0.1, 0.15) is 32.4 Å². The lowest BCUT2D eigenvalue weighted by Crippen LogP contribution is -2.34. The molecule has 0 atom stereocenters. The second kappa shape index (κ2) is 5.90. The molecule has 0 aliphatic heterocycles. The lowest BCUT2D eigenvalue weighted by atomic mass is 9.83. The average molecular weight is 285 g/mol. The van der Waals surface area contributed by atoms with Crippen molar-refractivity contribution in [3.63, 3.8) is 0 Å². The monoisotopic (exact) mass is 285 g/mol. The molecule has 0 aliphatic rings. The molecule has 4 nitrogen and oxygen atoms in total. The van der Waals surface area contributed by atoms with Crippen LogP contribution < -0.4 is 5.32 Å². The van der Waals surface area contributed by atoms with Crippen LogP contribution in [0.5, 0.6) is 0 Å². The van der Waals surface area contributed by atoms with E-state index in [1.54, 1.807) is 13.8 Å². The summed E-state index contributed by atoms with van der Waals surface area (Å²) < 4.78 is 37.0. The van der Waals surface area contributed by atoms with Gasteiger partial charge in [-0.05, 0) is 25.0 Å². The Morgan fingerprint density at radius 2 is 1.95 bits per heavy atom. The molecule has 0 aromatic carbocycles. The minimum absolute atomic E-state index is 0.129. The third-order valence-electron chi connectivity index (χ3n) is 3.17. The zero-order chi connectivity index (χ0) is 15.4. The number of halogens is 3. The van der Waals surface area contributed by atoms with E-state index in [0.717, 1.165) is 18.3 Å². The third kappa shape index (κ3) is 3.26. The fourth-order valence-corrected chi connectivity index (χ4v) is 1.67. The Kier molecular flexibility index (Phi) is 4.71. The molecule has 1 amide bonds. The minimum Gasteiger partial charge on any atom is -0.323 e. The molecule has 0 bridgehead atoms. The zero-order valence-electron chi connectivity index (χ0n) is 11.1. The highest BCUT2D eigenvalue weighted by atomic mass is 19.4. The van der Waals surface area contributed by atoms with Gasteiger partial charge in [-0.2, -0.15) is 18.4 Å². The Balaban J connectivity index is 2.90. The first kappa shape index (κ1) is 16.0. The molecule has 0 saturated heterocycles. The summed E-state index contributed by atoms with van der Waals surface area (Å²) in [6, 6.07) is 3.85. The van der Waals surface area contributed by atoms with Gasteiger partial charge in [0.2, 0.25) is 5.91 Å². The Morgan fingerprint density at radius 3 is 2.30 bits per heavy atom. The SMILES string of the molecule is CCC(C#N)(CC)C(=O)Nc1ccc(C(F)(F)F)nc1. The quantitative estimate of drug-likeness (QED) is 0.922. The predicted octanol–water partition coefficient (Wildman–Crippen LogP) is 3.37. The molecule has 1 rings (SSSR count). The number of nitrogens with one attached hydrogen (secondary N) is 1. The van der Waals surface area contributed by atoms with Gasteiger partial charge in [0.05, 0.1) is 18.0 Å². The summed E-state index contributed by atoms with van der Waals surface area (Å²) in [6.45, 7) is 3.41. The van der Waals surface area contributed by atoms with Crippen LogP contribution in [0.2, 0.25) is 0 Å². The number of nitriles is 1. The van der Waals surface area contributed by atoms with Crippen molar-refractivity contribution >= 4 is 11.6 Å². The van der Waals surface area contributed by atoms with E-state index in [1.165, 1.54) is 0 Å². The van der Waals surface area contributed by atoms with Gasteiger partial charge < -0.3 is 5.32 Å². The molecular weight excluding hydrogens is 271 g/mol. The Bertz CT molecular complexity index is 513. The van der Waals surface area contributed by atoms with Crippen LogP contribution in [0.15, 0.2) is 18.3 Å². The van der Waals surface area contributed by atoms with Gasteiger partial charge in [0.1, 0.15) is 11.1 Å². The number of pyridine rings is 1. The predicted molar refractivity (Wildman–Crippen MR) is 66.5 cm³/mol. The van der Waals surface area contributed by atoms with E-state index >= 15 is 0 Å².